The van der Waals surface area contributed by atoms with Crippen LogP contribution in [0.4, 0.5) is 5.69 Å². The van der Waals surface area contributed by atoms with Gasteiger partial charge in [-0.25, -0.2) is 9.78 Å². The number of hydrogen-bond acceptors (Lipinski definition) is 5. The van der Waals surface area contributed by atoms with Crippen molar-refractivity contribution in [1.29, 1.82) is 0 Å². The highest BCUT2D eigenvalue weighted by molar-refractivity contribution is 6.05. The smallest absolute Gasteiger partial charge is 0.264 e. The zero-order chi connectivity index (χ0) is 21.8. The molecule has 1 amide bonds. The Hall–Kier alpha value is -4.20. The number of rotatable bonds is 6. The molecule has 0 saturated heterocycles. The van der Waals surface area contributed by atoms with E-state index in [9.17, 15) is 9.59 Å². The summed E-state index contributed by atoms with van der Waals surface area (Å²) in [6, 6.07) is 17.9. The average Bonchev–Trinajstić information content (AvgIpc) is 3.21. The van der Waals surface area contributed by atoms with Crippen LogP contribution in [-0.4, -0.2) is 25.9 Å². The number of hydrogen-bond donors (Lipinski definition) is 2. The first-order valence-corrected chi connectivity index (χ1v) is 9.82. The molecule has 0 aliphatic rings. The van der Waals surface area contributed by atoms with E-state index in [1.54, 1.807) is 35.0 Å². The molecule has 0 bridgehead atoms. The first-order valence-electron chi connectivity index (χ1n) is 9.82. The molecule has 8 nitrogen and oxygen atoms in total. The van der Waals surface area contributed by atoms with Gasteiger partial charge in [-0.2, -0.15) is 10.2 Å². The molecule has 2 aromatic carbocycles. The molecule has 0 aliphatic heterocycles. The molecule has 0 fully saturated rings. The Labute approximate surface area is 178 Å². The zero-order valence-electron chi connectivity index (χ0n) is 17.1. The number of ether oxygens (including phenoxy) is 1. The van der Waals surface area contributed by atoms with Gasteiger partial charge in [0.05, 0.1) is 17.5 Å². The molecule has 0 aliphatic carbocycles. The van der Waals surface area contributed by atoms with E-state index in [4.69, 9.17) is 4.74 Å². The van der Waals surface area contributed by atoms with Crippen LogP contribution in [0.2, 0.25) is 0 Å². The molecule has 4 rings (SSSR count). The van der Waals surface area contributed by atoms with E-state index in [0.717, 1.165) is 11.3 Å². The maximum Gasteiger partial charge on any atom is 0.264 e. The Bertz CT molecular complexity index is 1240. The summed E-state index contributed by atoms with van der Waals surface area (Å²) in [4.78, 5) is 24.1. The second-order valence-corrected chi connectivity index (χ2v) is 6.94. The van der Waals surface area contributed by atoms with Crippen LogP contribution in [0.1, 0.15) is 28.5 Å². The van der Waals surface area contributed by atoms with Gasteiger partial charge in [-0.05, 0) is 55.8 Å². The minimum atomic E-state index is -0.304. The monoisotopic (exact) mass is 415 g/mol. The molecule has 2 aromatic heterocycles. The van der Waals surface area contributed by atoms with Crippen molar-refractivity contribution in [2.24, 2.45) is 0 Å². The van der Waals surface area contributed by atoms with Crippen LogP contribution in [0, 0.1) is 6.92 Å². The van der Waals surface area contributed by atoms with Gasteiger partial charge in [-0.3, -0.25) is 9.59 Å². The summed E-state index contributed by atoms with van der Waals surface area (Å²) in [6.07, 6.45) is 2.06. The fourth-order valence-electron chi connectivity index (χ4n) is 3.10. The van der Waals surface area contributed by atoms with Crippen LogP contribution in [0.5, 0.6) is 11.5 Å². The predicted molar refractivity (Wildman–Crippen MR) is 117 cm³/mol. The first-order chi connectivity index (χ1) is 15.0. The van der Waals surface area contributed by atoms with E-state index in [2.05, 4.69) is 20.6 Å². The Morgan fingerprint density at radius 2 is 1.71 bits per heavy atom. The van der Waals surface area contributed by atoms with Gasteiger partial charge >= 0.3 is 0 Å². The lowest BCUT2D eigenvalue weighted by molar-refractivity contribution is 0.102. The molecule has 0 unspecified atom stereocenters. The maximum absolute atomic E-state index is 12.8. The molecule has 31 heavy (non-hydrogen) atoms. The third-order valence-electron chi connectivity index (χ3n) is 4.70. The van der Waals surface area contributed by atoms with Crippen molar-refractivity contribution >= 4 is 11.6 Å². The standard InChI is InChI=1S/C23H21N5O3/c1-3-20-19(14-24-28(20)21-12-13-22(29)27-26-21)23(30)25-16-6-10-18(11-7-16)31-17-8-4-15(2)5-9-17/h4-14H,3H2,1-2H3,(H,25,30)(H,27,29). The molecule has 0 radical (unpaired) electrons. The summed E-state index contributed by atoms with van der Waals surface area (Å²) < 4.78 is 7.36. The molecule has 0 saturated carbocycles. The number of amides is 1. The van der Waals surface area contributed by atoms with Crippen LogP contribution in [0.15, 0.2) is 71.7 Å². The lowest BCUT2D eigenvalue weighted by Gasteiger charge is -2.09. The van der Waals surface area contributed by atoms with Crippen molar-refractivity contribution in [2.75, 3.05) is 5.32 Å². The van der Waals surface area contributed by atoms with Crippen LogP contribution >= 0.6 is 0 Å². The second kappa shape index (κ2) is 8.66. The van der Waals surface area contributed by atoms with Gasteiger partial charge in [0.25, 0.3) is 11.5 Å². The summed E-state index contributed by atoms with van der Waals surface area (Å²) in [5, 5.41) is 13.5. The molecule has 4 aromatic rings. The Balaban J connectivity index is 1.48. The largest absolute Gasteiger partial charge is 0.457 e. The van der Waals surface area contributed by atoms with Crippen molar-refractivity contribution in [3.63, 3.8) is 0 Å². The highest BCUT2D eigenvalue weighted by Gasteiger charge is 2.18. The van der Waals surface area contributed by atoms with Crippen LogP contribution in [0.3, 0.4) is 0 Å². The van der Waals surface area contributed by atoms with E-state index >= 15 is 0 Å². The van der Waals surface area contributed by atoms with Gasteiger partial charge in [-0.15, -0.1) is 0 Å². The zero-order valence-corrected chi connectivity index (χ0v) is 17.1. The Kier molecular flexibility index (Phi) is 5.61. The summed E-state index contributed by atoms with van der Waals surface area (Å²) >= 11 is 0. The van der Waals surface area contributed by atoms with E-state index in [1.165, 1.54) is 12.3 Å². The fourth-order valence-corrected chi connectivity index (χ4v) is 3.10. The fraction of sp³-hybridized carbons (Fsp3) is 0.130. The van der Waals surface area contributed by atoms with Gasteiger partial charge in [0.15, 0.2) is 5.82 Å². The predicted octanol–water partition coefficient (Wildman–Crippen LogP) is 3.87. The van der Waals surface area contributed by atoms with Gasteiger partial charge in [-0.1, -0.05) is 24.6 Å². The molecular weight excluding hydrogens is 394 g/mol. The molecule has 156 valence electrons. The molecule has 2 heterocycles. The number of aryl methyl sites for hydroxylation is 1. The van der Waals surface area contributed by atoms with E-state index in [1.807, 2.05) is 38.1 Å². The third-order valence-corrected chi connectivity index (χ3v) is 4.70. The number of nitrogens with one attached hydrogen (secondary N) is 2. The lowest BCUT2D eigenvalue weighted by Crippen LogP contribution is -2.15. The number of aromatic amines is 1. The van der Waals surface area contributed by atoms with Gasteiger partial charge < -0.3 is 10.1 Å². The first kappa shape index (κ1) is 20.1. The normalized spacial score (nSPS) is 10.6. The highest BCUT2D eigenvalue weighted by Crippen LogP contribution is 2.24. The molecule has 0 atom stereocenters. The average molecular weight is 415 g/mol. The van der Waals surface area contributed by atoms with Crippen molar-refractivity contribution < 1.29 is 9.53 Å². The number of aromatic nitrogens is 4. The summed E-state index contributed by atoms with van der Waals surface area (Å²) in [6.45, 7) is 3.94. The number of nitrogens with zero attached hydrogens (tertiary/aromatic N) is 3. The minimum absolute atomic E-state index is 0.278. The summed E-state index contributed by atoms with van der Waals surface area (Å²) in [5.41, 5.74) is 2.63. The third kappa shape index (κ3) is 4.53. The topological polar surface area (TPSA) is 102 Å². The summed E-state index contributed by atoms with van der Waals surface area (Å²) in [5.74, 6) is 1.58. The number of benzene rings is 2. The SMILES string of the molecule is CCc1c(C(=O)Nc2ccc(Oc3ccc(C)cc3)cc2)cnn1-c1ccc(=O)[nH]n1. The second-order valence-electron chi connectivity index (χ2n) is 6.94. The van der Waals surface area contributed by atoms with E-state index in [0.29, 0.717) is 34.9 Å². The van der Waals surface area contributed by atoms with Gasteiger partial charge in [0.1, 0.15) is 11.5 Å². The number of anilines is 1. The number of carbonyl (C=O) groups is 1. The molecular formula is C23H21N5O3. The minimum Gasteiger partial charge on any atom is -0.457 e. The van der Waals surface area contributed by atoms with Crippen molar-refractivity contribution in [2.45, 2.75) is 20.3 Å². The van der Waals surface area contributed by atoms with Gasteiger partial charge in [0, 0.05) is 11.8 Å². The van der Waals surface area contributed by atoms with Crippen molar-refractivity contribution in [1.82, 2.24) is 20.0 Å². The Morgan fingerprint density at radius 1 is 1.03 bits per heavy atom. The lowest BCUT2D eigenvalue weighted by atomic mass is 10.2. The highest BCUT2D eigenvalue weighted by atomic mass is 16.5. The molecule has 2 N–H and O–H groups in total. The summed E-state index contributed by atoms with van der Waals surface area (Å²) in [7, 11) is 0. The molecule has 8 heteroatoms. The van der Waals surface area contributed by atoms with E-state index < -0.39 is 0 Å². The van der Waals surface area contributed by atoms with Crippen LogP contribution < -0.4 is 15.6 Å². The van der Waals surface area contributed by atoms with Gasteiger partial charge in [0.2, 0.25) is 0 Å². The number of carbonyl (C=O) groups excluding carboxylic acids is 1. The molecule has 0 spiro atoms. The quantitative estimate of drug-likeness (QED) is 0.498. The maximum atomic E-state index is 12.8. The number of H-pyrrole nitrogens is 1. The van der Waals surface area contributed by atoms with Crippen molar-refractivity contribution in [3.05, 3.63) is 94.0 Å². The Morgan fingerprint density at radius 3 is 2.32 bits per heavy atom. The van der Waals surface area contributed by atoms with E-state index in [-0.39, 0.29) is 11.5 Å². The van der Waals surface area contributed by atoms with Crippen LogP contribution in [0.25, 0.3) is 5.82 Å². The van der Waals surface area contributed by atoms with Crippen LogP contribution in [-0.2, 0) is 6.42 Å². The van der Waals surface area contributed by atoms with Crippen molar-refractivity contribution in [3.8, 4) is 17.3 Å².